The van der Waals surface area contributed by atoms with Gasteiger partial charge in [-0.05, 0) is 23.8 Å². The van der Waals surface area contributed by atoms with Crippen molar-refractivity contribution in [3.05, 3.63) is 72.3 Å². The fraction of sp³-hybridized carbons (Fsp3) is 0.0667. The molecule has 0 spiro atoms. The van der Waals surface area contributed by atoms with Gasteiger partial charge < -0.3 is 10.5 Å². The van der Waals surface area contributed by atoms with E-state index in [1.807, 2.05) is 30.3 Å². The van der Waals surface area contributed by atoms with Gasteiger partial charge in [0.25, 0.3) is 0 Å². The maximum Gasteiger partial charge on any atom is 0.404 e. The summed E-state index contributed by atoms with van der Waals surface area (Å²) in [5.74, 6) is -0.319. The molecule has 0 aliphatic rings. The smallest absolute Gasteiger partial charge is 0.404 e. The number of hydrogen-bond donors (Lipinski definition) is 1. The van der Waals surface area contributed by atoms with Crippen LogP contribution in [0.2, 0.25) is 0 Å². The number of halogens is 1. The first-order chi connectivity index (χ1) is 9.61. The average Bonchev–Trinajstić information content (AvgIpc) is 2.48. The third-order valence-electron chi connectivity index (χ3n) is 2.18. The van der Waals surface area contributed by atoms with E-state index in [9.17, 15) is 9.18 Å². The molecule has 5 heteroatoms. The van der Waals surface area contributed by atoms with Crippen molar-refractivity contribution in [2.45, 2.75) is 6.61 Å². The number of rotatable bonds is 3. The van der Waals surface area contributed by atoms with Gasteiger partial charge in [-0.1, -0.05) is 36.9 Å². The first-order valence-corrected chi connectivity index (χ1v) is 5.82. The molecule has 20 heavy (non-hydrogen) atoms. The van der Waals surface area contributed by atoms with Crippen molar-refractivity contribution >= 4 is 12.2 Å². The molecule has 0 fully saturated rings. The summed E-state index contributed by atoms with van der Waals surface area (Å²) < 4.78 is 16.7. The Kier molecular flexibility index (Phi) is 6.47. The van der Waals surface area contributed by atoms with E-state index >= 15 is 0 Å². The van der Waals surface area contributed by atoms with Gasteiger partial charge in [-0.3, -0.25) is 4.98 Å². The molecule has 1 heterocycles. The second-order valence-electron chi connectivity index (χ2n) is 3.70. The largest absolute Gasteiger partial charge is 0.445 e. The number of nitrogens with zero attached hydrogens (tertiary/aromatic N) is 1. The van der Waals surface area contributed by atoms with Crippen LogP contribution in [0.4, 0.5) is 9.18 Å². The molecule has 0 saturated carbocycles. The number of hydrogen-bond acceptors (Lipinski definition) is 3. The summed E-state index contributed by atoms with van der Waals surface area (Å²) >= 11 is 0. The Labute approximate surface area is 116 Å². The highest BCUT2D eigenvalue weighted by Gasteiger charge is 1.93. The van der Waals surface area contributed by atoms with Crippen LogP contribution < -0.4 is 5.73 Å². The zero-order chi connectivity index (χ0) is 14.8. The highest BCUT2D eigenvalue weighted by molar-refractivity contribution is 5.64. The number of carbonyl (C=O) groups excluding carboxylic acids is 1. The first-order valence-electron chi connectivity index (χ1n) is 5.82. The molecule has 0 atom stereocenters. The Morgan fingerprint density at radius 1 is 1.30 bits per heavy atom. The molecule has 4 nitrogen and oxygen atoms in total. The number of nitrogens with two attached hydrogens (primary N) is 1. The van der Waals surface area contributed by atoms with Gasteiger partial charge in [0.05, 0.1) is 11.9 Å². The predicted molar refractivity (Wildman–Crippen MR) is 75.1 cm³/mol. The van der Waals surface area contributed by atoms with E-state index in [1.54, 1.807) is 12.1 Å². The van der Waals surface area contributed by atoms with Gasteiger partial charge in [0.2, 0.25) is 0 Å². The Morgan fingerprint density at radius 2 is 2.00 bits per heavy atom. The quantitative estimate of drug-likeness (QED) is 0.935. The fourth-order valence-corrected chi connectivity index (χ4v) is 1.24. The minimum atomic E-state index is -0.742. The molecule has 2 N–H and O–H groups in total. The monoisotopic (exact) mass is 274 g/mol. The molecular formula is C15H15FN2O2. The molecule has 0 radical (unpaired) electrons. The van der Waals surface area contributed by atoms with Crippen LogP contribution in [-0.4, -0.2) is 11.1 Å². The molecule has 104 valence electrons. The topological polar surface area (TPSA) is 65.2 Å². The molecule has 0 unspecified atom stereocenters. The summed E-state index contributed by atoms with van der Waals surface area (Å²) in [5.41, 5.74) is 6.41. The second kappa shape index (κ2) is 8.42. The van der Waals surface area contributed by atoms with Crippen LogP contribution in [0, 0.1) is 5.82 Å². The number of primary amides is 1. The van der Waals surface area contributed by atoms with Crippen LogP contribution in [0.5, 0.6) is 0 Å². The van der Waals surface area contributed by atoms with Gasteiger partial charge in [-0.25, -0.2) is 9.18 Å². The van der Waals surface area contributed by atoms with Crippen LogP contribution in [0.15, 0.2) is 55.2 Å². The van der Waals surface area contributed by atoms with Crippen molar-refractivity contribution in [3.8, 4) is 0 Å². The van der Waals surface area contributed by atoms with Crippen LogP contribution in [0.3, 0.4) is 0 Å². The summed E-state index contributed by atoms with van der Waals surface area (Å²) in [6.45, 7) is 3.72. The minimum Gasteiger partial charge on any atom is -0.445 e. The molecule has 0 aliphatic carbocycles. The lowest BCUT2D eigenvalue weighted by atomic mass is 10.2. The molecule has 0 aliphatic heterocycles. The summed E-state index contributed by atoms with van der Waals surface area (Å²) in [6.07, 6.45) is 1.99. The van der Waals surface area contributed by atoms with Crippen molar-refractivity contribution < 1.29 is 13.9 Å². The van der Waals surface area contributed by atoms with Gasteiger partial charge >= 0.3 is 6.09 Å². The lowest BCUT2D eigenvalue weighted by Gasteiger charge is -1.99. The van der Waals surface area contributed by atoms with Gasteiger partial charge in [-0.15, -0.1) is 0 Å². The third-order valence-corrected chi connectivity index (χ3v) is 2.18. The zero-order valence-electron chi connectivity index (χ0n) is 10.8. The van der Waals surface area contributed by atoms with Crippen LogP contribution in [0.1, 0.15) is 11.3 Å². The molecule has 2 rings (SSSR count). The van der Waals surface area contributed by atoms with Gasteiger partial charge in [-0.2, -0.15) is 0 Å². The van der Waals surface area contributed by atoms with Crippen LogP contribution in [-0.2, 0) is 11.3 Å². The Morgan fingerprint density at radius 3 is 2.50 bits per heavy atom. The molecule has 1 aromatic carbocycles. The molecule has 2 aromatic rings. The predicted octanol–water partition coefficient (Wildman–Crippen LogP) is 3.15. The number of pyridine rings is 1. The number of ether oxygens (including phenoxy) is 1. The molecular weight excluding hydrogens is 259 g/mol. The average molecular weight is 274 g/mol. The number of benzene rings is 1. The maximum absolute atomic E-state index is 12.1. The summed E-state index contributed by atoms with van der Waals surface area (Å²) in [4.78, 5) is 13.9. The van der Waals surface area contributed by atoms with Crippen molar-refractivity contribution in [2.75, 3.05) is 0 Å². The van der Waals surface area contributed by atoms with Crippen molar-refractivity contribution in [3.63, 3.8) is 0 Å². The van der Waals surface area contributed by atoms with E-state index in [2.05, 4.69) is 16.3 Å². The lowest BCUT2D eigenvalue weighted by molar-refractivity contribution is 0.150. The highest BCUT2D eigenvalue weighted by Crippen LogP contribution is 1.99. The lowest BCUT2D eigenvalue weighted by Crippen LogP contribution is -2.12. The van der Waals surface area contributed by atoms with Crippen molar-refractivity contribution in [1.82, 2.24) is 4.98 Å². The van der Waals surface area contributed by atoms with Crippen LogP contribution >= 0.6 is 0 Å². The highest BCUT2D eigenvalue weighted by atomic mass is 19.1. The fourth-order valence-electron chi connectivity index (χ4n) is 1.24. The van der Waals surface area contributed by atoms with Crippen LogP contribution in [0.25, 0.3) is 6.08 Å². The number of carbonyl (C=O) groups is 1. The summed E-state index contributed by atoms with van der Waals surface area (Å²) in [7, 11) is 0. The van der Waals surface area contributed by atoms with E-state index < -0.39 is 6.09 Å². The van der Waals surface area contributed by atoms with Crippen molar-refractivity contribution in [1.29, 1.82) is 0 Å². The summed E-state index contributed by atoms with van der Waals surface area (Å²) in [6, 6.07) is 12.3. The van der Waals surface area contributed by atoms with Gasteiger partial charge in [0, 0.05) is 0 Å². The van der Waals surface area contributed by atoms with E-state index in [1.165, 1.54) is 6.07 Å². The Hall–Kier alpha value is -2.69. The zero-order valence-corrected chi connectivity index (χ0v) is 10.8. The minimum absolute atomic E-state index is 0.246. The maximum atomic E-state index is 12.1. The Bertz CT molecular complexity index is 542. The Balaban J connectivity index is 0.000000204. The molecule has 0 bridgehead atoms. The SMILES string of the molecule is C=Cc1ccc(F)cn1.NC(=O)OCc1ccccc1. The first kappa shape index (κ1) is 15.4. The molecule has 0 saturated heterocycles. The van der Waals surface area contributed by atoms with E-state index in [-0.39, 0.29) is 12.4 Å². The normalized spacial score (nSPS) is 9.05. The van der Waals surface area contributed by atoms with E-state index in [0.717, 1.165) is 11.8 Å². The standard InChI is InChI=1S/C8H9NO2.C7H6FN/c9-8(10)11-6-7-4-2-1-3-5-7;1-2-7-4-3-6(8)5-9-7/h1-5H,6H2,(H2,9,10);2-5H,1H2. The van der Waals surface area contributed by atoms with E-state index in [0.29, 0.717) is 5.69 Å². The molecule has 1 aromatic heterocycles. The molecule has 1 amide bonds. The van der Waals surface area contributed by atoms with E-state index in [4.69, 9.17) is 5.73 Å². The van der Waals surface area contributed by atoms with Gasteiger partial charge in [0.15, 0.2) is 0 Å². The third kappa shape index (κ3) is 6.30. The number of amides is 1. The van der Waals surface area contributed by atoms with Crippen molar-refractivity contribution in [2.24, 2.45) is 5.73 Å². The summed E-state index contributed by atoms with van der Waals surface area (Å²) in [5, 5.41) is 0. The van der Waals surface area contributed by atoms with Gasteiger partial charge in [0.1, 0.15) is 12.4 Å². The number of aromatic nitrogens is 1. The second-order valence-corrected chi connectivity index (χ2v) is 3.70.